The first-order valence-electron chi connectivity index (χ1n) is 8.00. The minimum absolute atomic E-state index is 0.0451. The van der Waals surface area contributed by atoms with Gasteiger partial charge in [0.05, 0.1) is 18.7 Å². The van der Waals surface area contributed by atoms with Crippen LogP contribution in [0.3, 0.4) is 0 Å². The second-order valence-electron chi connectivity index (χ2n) is 5.95. The summed E-state index contributed by atoms with van der Waals surface area (Å²) in [6.07, 6.45) is 5.77. The number of imidazole rings is 1. The molecule has 1 atom stereocenters. The number of hydrogen-bond donors (Lipinski definition) is 2. The summed E-state index contributed by atoms with van der Waals surface area (Å²) in [5.41, 5.74) is 0.672. The fraction of sp³-hybridized carbons (Fsp3) is 0.412. The number of likely N-dealkylation sites (tertiary alicyclic amines) is 1. The highest BCUT2D eigenvalue weighted by Crippen LogP contribution is 2.27. The maximum absolute atomic E-state index is 12.3. The lowest BCUT2D eigenvalue weighted by atomic mass is 9.97. The van der Waals surface area contributed by atoms with Crippen molar-refractivity contribution in [1.29, 1.82) is 0 Å². The Morgan fingerprint density at radius 3 is 3.12 bits per heavy atom. The van der Waals surface area contributed by atoms with Crippen LogP contribution >= 0.6 is 11.6 Å². The van der Waals surface area contributed by atoms with Crippen LogP contribution in [0.1, 0.15) is 24.6 Å². The van der Waals surface area contributed by atoms with E-state index in [-0.39, 0.29) is 5.91 Å². The number of ether oxygens (including phenoxy) is 1. The molecule has 0 bridgehead atoms. The van der Waals surface area contributed by atoms with Crippen LogP contribution in [-0.2, 0) is 4.79 Å². The van der Waals surface area contributed by atoms with E-state index in [2.05, 4.69) is 20.2 Å². The lowest BCUT2D eigenvalue weighted by molar-refractivity contribution is -0.117. The standard InChI is InChI=1S/C17H21ClN4O2/c1-24-15-5-4-13(9-14(15)18)21-16(23)11-22-8-2-3-12(10-22)17-19-6-7-20-17/h4-7,9,12H,2-3,8,10-11H2,1H3,(H,19,20)(H,21,23). The van der Waals surface area contributed by atoms with Gasteiger partial charge in [-0.25, -0.2) is 4.98 Å². The maximum atomic E-state index is 12.3. The summed E-state index contributed by atoms with van der Waals surface area (Å²) in [4.78, 5) is 22.0. The number of amides is 1. The molecule has 1 aromatic heterocycles. The number of piperidine rings is 1. The number of H-pyrrole nitrogens is 1. The predicted octanol–water partition coefficient (Wildman–Crippen LogP) is 2.89. The Labute approximate surface area is 146 Å². The van der Waals surface area contributed by atoms with Crippen LogP contribution in [0.4, 0.5) is 5.69 Å². The number of aromatic amines is 1. The third-order valence-corrected chi connectivity index (χ3v) is 4.51. The number of hydrogen-bond acceptors (Lipinski definition) is 4. The number of aromatic nitrogens is 2. The third kappa shape index (κ3) is 4.07. The van der Waals surface area contributed by atoms with Crippen LogP contribution in [0.5, 0.6) is 5.75 Å². The normalized spacial score (nSPS) is 18.3. The molecule has 0 spiro atoms. The Morgan fingerprint density at radius 2 is 2.42 bits per heavy atom. The minimum Gasteiger partial charge on any atom is -0.495 e. The van der Waals surface area contributed by atoms with Crippen LogP contribution in [0, 0.1) is 0 Å². The van der Waals surface area contributed by atoms with E-state index in [9.17, 15) is 4.79 Å². The van der Waals surface area contributed by atoms with Crippen molar-refractivity contribution in [2.45, 2.75) is 18.8 Å². The van der Waals surface area contributed by atoms with Gasteiger partial charge >= 0.3 is 0 Å². The maximum Gasteiger partial charge on any atom is 0.238 e. The van der Waals surface area contributed by atoms with E-state index in [0.29, 0.717) is 28.9 Å². The number of benzene rings is 1. The van der Waals surface area contributed by atoms with E-state index < -0.39 is 0 Å². The molecule has 3 rings (SSSR count). The fourth-order valence-electron chi connectivity index (χ4n) is 3.07. The van der Waals surface area contributed by atoms with E-state index in [1.54, 1.807) is 31.5 Å². The summed E-state index contributed by atoms with van der Waals surface area (Å²) in [5.74, 6) is 1.90. The molecule has 1 aromatic carbocycles. The van der Waals surface area contributed by atoms with E-state index >= 15 is 0 Å². The van der Waals surface area contributed by atoms with Gasteiger partial charge in [0.2, 0.25) is 5.91 Å². The van der Waals surface area contributed by atoms with E-state index in [1.807, 2.05) is 6.20 Å². The first-order chi connectivity index (χ1) is 11.7. The zero-order valence-corrected chi connectivity index (χ0v) is 14.3. The molecule has 6 nitrogen and oxygen atoms in total. The monoisotopic (exact) mass is 348 g/mol. The molecular formula is C17H21ClN4O2. The van der Waals surface area contributed by atoms with Gasteiger partial charge in [-0.1, -0.05) is 11.6 Å². The fourth-order valence-corrected chi connectivity index (χ4v) is 3.33. The smallest absolute Gasteiger partial charge is 0.238 e. The minimum atomic E-state index is -0.0451. The molecule has 2 heterocycles. The van der Waals surface area contributed by atoms with Crippen LogP contribution in [0.15, 0.2) is 30.6 Å². The number of carbonyl (C=O) groups excluding carboxylic acids is 1. The van der Waals surface area contributed by atoms with Crippen LogP contribution in [-0.4, -0.2) is 47.5 Å². The molecule has 24 heavy (non-hydrogen) atoms. The van der Waals surface area contributed by atoms with Crippen molar-refractivity contribution in [2.24, 2.45) is 0 Å². The molecule has 1 unspecified atom stereocenters. The summed E-state index contributed by atoms with van der Waals surface area (Å²) >= 11 is 6.08. The molecule has 1 amide bonds. The molecule has 1 aliphatic heterocycles. The van der Waals surface area contributed by atoms with Gasteiger partial charge in [-0.3, -0.25) is 9.69 Å². The SMILES string of the molecule is COc1ccc(NC(=O)CN2CCCC(c3ncc[nH]3)C2)cc1Cl. The van der Waals surface area contributed by atoms with Gasteiger partial charge in [-0.2, -0.15) is 0 Å². The summed E-state index contributed by atoms with van der Waals surface area (Å²) in [6, 6.07) is 5.22. The second kappa shape index (κ2) is 7.68. The summed E-state index contributed by atoms with van der Waals surface area (Å²) in [5, 5.41) is 3.36. The van der Waals surface area contributed by atoms with Gasteiger partial charge in [-0.05, 0) is 37.6 Å². The van der Waals surface area contributed by atoms with Crippen molar-refractivity contribution in [3.05, 3.63) is 41.4 Å². The van der Waals surface area contributed by atoms with Crippen molar-refractivity contribution >= 4 is 23.2 Å². The molecule has 1 fully saturated rings. The molecule has 0 saturated carbocycles. The zero-order valence-electron chi connectivity index (χ0n) is 13.6. The largest absolute Gasteiger partial charge is 0.495 e. The molecule has 0 aliphatic carbocycles. The molecule has 1 saturated heterocycles. The van der Waals surface area contributed by atoms with Crippen molar-refractivity contribution in [1.82, 2.24) is 14.9 Å². The van der Waals surface area contributed by atoms with Gasteiger partial charge < -0.3 is 15.0 Å². The highest BCUT2D eigenvalue weighted by molar-refractivity contribution is 6.32. The number of carbonyl (C=O) groups is 1. The van der Waals surface area contributed by atoms with Gasteiger partial charge in [0.1, 0.15) is 11.6 Å². The van der Waals surface area contributed by atoms with E-state index in [4.69, 9.17) is 16.3 Å². The first-order valence-corrected chi connectivity index (χ1v) is 8.38. The lowest BCUT2D eigenvalue weighted by Gasteiger charge is -2.31. The molecule has 2 N–H and O–H groups in total. The molecular weight excluding hydrogens is 328 g/mol. The highest BCUT2D eigenvalue weighted by atomic mass is 35.5. The Kier molecular flexibility index (Phi) is 5.37. The quantitative estimate of drug-likeness (QED) is 0.871. The number of nitrogens with zero attached hydrogens (tertiary/aromatic N) is 2. The van der Waals surface area contributed by atoms with Gasteiger partial charge in [0.25, 0.3) is 0 Å². The van der Waals surface area contributed by atoms with Crippen LogP contribution in [0.2, 0.25) is 5.02 Å². The Balaban J connectivity index is 1.55. The molecule has 2 aromatic rings. The lowest BCUT2D eigenvalue weighted by Crippen LogP contribution is -2.40. The molecule has 1 aliphatic rings. The summed E-state index contributed by atoms with van der Waals surface area (Å²) < 4.78 is 5.11. The Hall–Kier alpha value is -2.05. The summed E-state index contributed by atoms with van der Waals surface area (Å²) in [7, 11) is 1.56. The number of rotatable bonds is 5. The highest BCUT2D eigenvalue weighted by Gasteiger charge is 2.24. The third-order valence-electron chi connectivity index (χ3n) is 4.21. The molecule has 7 heteroatoms. The molecule has 128 valence electrons. The summed E-state index contributed by atoms with van der Waals surface area (Å²) in [6.45, 7) is 2.12. The van der Waals surface area contributed by atoms with Crippen LogP contribution < -0.4 is 10.1 Å². The average Bonchev–Trinajstić information content (AvgIpc) is 3.10. The number of methoxy groups -OCH3 is 1. The number of anilines is 1. The Bertz CT molecular complexity index is 690. The van der Waals surface area contributed by atoms with Gasteiger partial charge in [0.15, 0.2) is 0 Å². The van der Waals surface area contributed by atoms with Crippen molar-refractivity contribution in [3.63, 3.8) is 0 Å². The van der Waals surface area contributed by atoms with Crippen molar-refractivity contribution < 1.29 is 9.53 Å². The number of halogens is 1. The average molecular weight is 349 g/mol. The van der Waals surface area contributed by atoms with Crippen LogP contribution in [0.25, 0.3) is 0 Å². The van der Waals surface area contributed by atoms with Crippen molar-refractivity contribution in [3.8, 4) is 5.75 Å². The second-order valence-corrected chi connectivity index (χ2v) is 6.35. The van der Waals surface area contributed by atoms with Gasteiger partial charge in [-0.15, -0.1) is 0 Å². The van der Waals surface area contributed by atoms with E-state index in [1.165, 1.54) is 0 Å². The zero-order chi connectivity index (χ0) is 16.9. The number of nitrogens with one attached hydrogen (secondary N) is 2. The topological polar surface area (TPSA) is 70.2 Å². The molecule has 0 radical (unpaired) electrons. The predicted molar refractivity (Wildman–Crippen MR) is 93.6 cm³/mol. The first kappa shape index (κ1) is 16.8. The van der Waals surface area contributed by atoms with Crippen molar-refractivity contribution in [2.75, 3.05) is 32.1 Å². The van der Waals surface area contributed by atoms with E-state index in [0.717, 1.165) is 31.8 Å². The van der Waals surface area contributed by atoms with Gasteiger partial charge in [0, 0.05) is 30.5 Å². The Morgan fingerprint density at radius 1 is 1.54 bits per heavy atom.